The van der Waals surface area contributed by atoms with Gasteiger partial charge < -0.3 is 14.5 Å². The number of nitrogens with one attached hydrogen (secondary N) is 1. The van der Waals surface area contributed by atoms with E-state index in [1.54, 1.807) is 30.4 Å². The van der Waals surface area contributed by atoms with Gasteiger partial charge in [-0.2, -0.15) is 11.8 Å². The Hall–Kier alpha value is -2.26. The number of nitrogens with zero attached hydrogens (tertiary/aromatic N) is 2. The summed E-state index contributed by atoms with van der Waals surface area (Å²) < 4.78 is 10.7. The highest BCUT2D eigenvalue weighted by molar-refractivity contribution is 8.14. The number of esters is 1. The lowest BCUT2D eigenvalue weighted by atomic mass is 9.99. The first-order valence-electron chi connectivity index (χ1n) is 10.8. The van der Waals surface area contributed by atoms with E-state index < -0.39 is 17.0 Å². The predicted octanol–water partition coefficient (Wildman–Crippen LogP) is 4.59. The van der Waals surface area contributed by atoms with E-state index in [9.17, 15) is 9.59 Å². The molecule has 3 rings (SSSR count). The molecule has 1 aliphatic heterocycles. The maximum Gasteiger partial charge on any atom is 0.360 e. The molecule has 0 unspecified atom stereocenters. The number of benzene rings is 1. The topological polar surface area (TPSA) is 93.8 Å². The summed E-state index contributed by atoms with van der Waals surface area (Å²) in [6.07, 6.45) is 0. The predicted molar refractivity (Wildman–Crippen MR) is 134 cm³/mol. The maximum absolute atomic E-state index is 13.4. The fourth-order valence-corrected chi connectivity index (χ4v) is 5.69. The van der Waals surface area contributed by atoms with E-state index in [1.165, 1.54) is 12.7 Å². The molecule has 7 nitrogen and oxygen atoms in total. The van der Waals surface area contributed by atoms with Gasteiger partial charge in [-0.3, -0.25) is 9.79 Å². The zero-order valence-electron chi connectivity index (χ0n) is 19.9. The van der Waals surface area contributed by atoms with Crippen LogP contribution in [0.25, 0.3) is 0 Å². The van der Waals surface area contributed by atoms with Crippen LogP contribution in [0.1, 0.15) is 55.4 Å². The summed E-state index contributed by atoms with van der Waals surface area (Å²) in [6.45, 7) is 9.53. The number of aryl methyl sites for hydroxylation is 1. The highest BCUT2D eigenvalue weighted by atomic mass is 32.2. The van der Waals surface area contributed by atoms with Gasteiger partial charge >= 0.3 is 5.97 Å². The second-order valence-corrected chi connectivity index (χ2v) is 10.8. The van der Waals surface area contributed by atoms with Crippen molar-refractivity contribution in [3.63, 3.8) is 0 Å². The minimum absolute atomic E-state index is 0.115. The van der Waals surface area contributed by atoms with Crippen molar-refractivity contribution in [3.8, 4) is 0 Å². The maximum atomic E-state index is 13.4. The molecule has 0 saturated heterocycles. The molecule has 2 heterocycles. The number of carbonyl (C=O) groups is 2. The molecule has 0 radical (unpaired) electrons. The highest BCUT2D eigenvalue weighted by Crippen LogP contribution is 2.34. The molecule has 0 aliphatic carbocycles. The molecule has 9 heteroatoms. The van der Waals surface area contributed by atoms with Gasteiger partial charge in [0.25, 0.3) is 0 Å². The molecule has 33 heavy (non-hydrogen) atoms. The number of rotatable bonds is 9. The third-order valence-electron chi connectivity index (χ3n) is 5.38. The average Bonchev–Trinajstić information content (AvgIpc) is 3.38. The van der Waals surface area contributed by atoms with Crippen molar-refractivity contribution in [1.29, 1.82) is 0 Å². The zero-order chi connectivity index (χ0) is 24.2. The molecule has 1 aromatic heterocycles. The summed E-state index contributed by atoms with van der Waals surface area (Å²) in [5, 5.41) is 4.13. The first kappa shape index (κ1) is 25.4. The van der Waals surface area contributed by atoms with Crippen molar-refractivity contribution in [2.75, 3.05) is 18.6 Å². The molecule has 2 aromatic rings. The number of aliphatic imine (C=N–C) groups is 1. The number of hydrogen-bond donors (Lipinski definition) is 1. The normalized spacial score (nSPS) is 19.8. The zero-order valence-corrected chi connectivity index (χ0v) is 21.6. The fourth-order valence-electron chi connectivity index (χ4n) is 3.34. The molecule has 1 aromatic carbocycles. The van der Waals surface area contributed by atoms with Gasteiger partial charge in [-0.25, -0.2) is 9.78 Å². The minimum atomic E-state index is -0.947. The first-order chi connectivity index (χ1) is 15.6. The molecule has 2 atom stereocenters. The van der Waals surface area contributed by atoms with E-state index >= 15 is 0 Å². The third kappa shape index (κ3) is 5.81. The number of hydrogen-bond acceptors (Lipinski definition) is 8. The number of carbonyl (C=O) groups excluding carboxylic acids is 2. The van der Waals surface area contributed by atoms with E-state index in [0.29, 0.717) is 17.3 Å². The van der Waals surface area contributed by atoms with Crippen molar-refractivity contribution < 1.29 is 18.7 Å². The van der Waals surface area contributed by atoms with Crippen LogP contribution in [0.15, 0.2) is 39.7 Å². The molecule has 178 valence electrons. The largest absolute Gasteiger partial charge is 0.464 e. The van der Waals surface area contributed by atoms with Crippen LogP contribution >= 0.6 is 23.5 Å². The van der Waals surface area contributed by atoms with E-state index in [1.807, 2.05) is 32.0 Å². The summed E-state index contributed by atoms with van der Waals surface area (Å²) >= 11 is 3.27. The van der Waals surface area contributed by atoms with E-state index in [0.717, 1.165) is 10.8 Å². The Balaban J connectivity index is 1.86. The second-order valence-electron chi connectivity index (χ2n) is 8.85. The Bertz CT molecular complexity index is 1040. The van der Waals surface area contributed by atoms with Crippen LogP contribution in [0.3, 0.4) is 0 Å². The van der Waals surface area contributed by atoms with Gasteiger partial charge in [-0.1, -0.05) is 44.2 Å². The molecule has 1 aliphatic rings. The average molecular weight is 490 g/mol. The van der Waals surface area contributed by atoms with Gasteiger partial charge in [-0.15, -0.1) is 11.8 Å². The lowest BCUT2D eigenvalue weighted by molar-refractivity contribution is -0.126. The van der Waals surface area contributed by atoms with E-state index in [-0.39, 0.29) is 23.4 Å². The van der Waals surface area contributed by atoms with Crippen molar-refractivity contribution in [2.24, 2.45) is 10.9 Å². The van der Waals surface area contributed by atoms with Crippen LogP contribution in [0.5, 0.6) is 0 Å². The number of ether oxygens (including phenoxy) is 1. The Morgan fingerprint density at radius 3 is 2.64 bits per heavy atom. The van der Waals surface area contributed by atoms with Crippen molar-refractivity contribution >= 4 is 40.4 Å². The van der Waals surface area contributed by atoms with Crippen LogP contribution in [-0.2, 0) is 20.8 Å². The van der Waals surface area contributed by atoms with Crippen LogP contribution in [0, 0.1) is 12.8 Å². The Labute approximate surface area is 203 Å². The van der Waals surface area contributed by atoms with Crippen LogP contribution in [0.4, 0.5) is 0 Å². The molecule has 0 fully saturated rings. The lowest BCUT2D eigenvalue weighted by Crippen LogP contribution is -2.53. The van der Waals surface area contributed by atoms with Crippen molar-refractivity contribution in [3.05, 3.63) is 53.2 Å². The van der Waals surface area contributed by atoms with Gasteiger partial charge in [0.2, 0.25) is 11.8 Å². The Kier molecular flexibility index (Phi) is 7.95. The summed E-state index contributed by atoms with van der Waals surface area (Å²) in [4.78, 5) is 34.7. The minimum Gasteiger partial charge on any atom is -0.464 e. The summed E-state index contributed by atoms with van der Waals surface area (Å²) in [5.74, 6) is 1.98. The molecule has 0 bridgehead atoms. The molecular weight excluding hydrogens is 458 g/mol. The quantitative estimate of drug-likeness (QED) is 0.515. The van der Waals surface area contributed by atoms with Gasteiger partial charge in [-0.05, 0) is 26.3 Å². The monoisotopic (exact) mass is 489 g/mol. The van der Waals surface area contributed by atoms with Gasteiger partial charge in [0, 0.05) is 23.2 Å². The smallest absolute Gasteiger partial charge is 0.360 e. The fraction of sp³-hybridized carbons (Fsp3) is 0.500. The second kappa shape index (κ2) is 10.3. The van der Waals surface area contributed by atoms with Gasteiger partial charge in [0.05, 0.1) is 12.2 Å². The number of methoxy groups -OCH3 is 1. The molecule has 1 N–H and O–H groups in total. The highest BCUT2D eigenvalue weighted by Gasteiger charge is 2.44. The van der Waals surface area contributed by atoms with E-state index in [4.69, 9.17) is 14.1 Å². The van der Waals surface area contributed by atoms with Crippen LogP contribution in [0.2, 0.25) is 0 Å². The number of oxazole rings is 1. The van der Waals surface area contributed by atoms with Crippen molar-refractivity contribution in [1.82, 2.24) is 10.3 Å². The molecule has 1 amide bonds. The van der Waals surface area contributed by atoms with Crippen LogP contribution in [-0.4, -0.2) is 46.1 Å². The molecular formula is C24H31N3O4S2. The first-order valence-corrected chi connectivity index (χ1v) is 12.9. The SMILES string of the molecule is COC(=O)c1nc([C@](C)(CSCc2ccccc2)NC(=O)[C@]2(C)CSC(C(C)C)=N2)oc1C. The van der Waals surface area contributed by atoms with E-state index in [2.05, 4.69) is 36.3 Å². The van der Waals surface area contributed by atoms with Gasteiger partial charge in [0.15, 0.2) is 5.69 Å². The third-order valence-corrected chi connectivity index (χ3v) is 8.26. The Morgan fingerprint density at radius 2 is 2.03 bits per heavy atom. The number of aromatic nitrogens is 1. The number of amides is 1. The summed E-state index contributed by atoms with van der Waals surface area (Å²) in [5.41, 5.74) is -0.524. The van der Waals surface area contributed by atoms with Crippen molar-refractivity contribution in [2.45, 2.75) is 51.4 Å². The summed E-state index contributed by atoms with van der Waals surface area (Å²) in [6, 6.07) is 10.1. The molecule has 0 saturated carbocycles. The lowest BCUT2D eigenvalue weighted by Gasteiger charge is -2.31. The Morgan fingerprint density at radius 1 is 1.33 bits per heavy atom. The van der Waals surface area contributed by atoms with Gasteiger partial charge in [0.1, 0.15) is 16.8 Å². The standard InChI is InChI=1S/C24H31N3O4S2/c1-15(2)19-26-23(4,14-33-19)21(29)27-24(5,13-32-12-17-10-8-7-9-11-17)22-25-18(16(3)31-22)20(28)30-6/h7-11,15H,12-14H2,1-6H3,(H,27,29)/t23-,24-/m0/s1. The molecule has 0 spiro atoms. The number of thioether (sulfide) groups is 2. The van der Waals surface area contributed by atoms with Crippen LogP contribution < -0.4 is 5.32 Å². The summed E-state index contributed by atoms with van der Waals surface area (Å²) in [7, 11) is 1.30.